The summed E-state index contributed by atoms with van der Waals surface area (Å²) in [7, 11) is 0. The first-order valence-electron chi connectivity index (χ1n) is 8.64. The molecular weight excluding hydrogens is 450 g/mol. The molecule has 27 heavy (non-hydrogen) atoms. The zero-order valence-corrected chi connectivity index (χ0v) is 18.1. The van der Waals surface area contributed by atoms with E-state index in [9.17, 15) is 4.79 Å². The van der Waals surface area contributed by atoms with Crippen LogP contribution in [0, 0.1) is 0 Å². The fourth-order valence-electron chi connectivity index (χ4n) is 2.81. The largest absolute Gasteiger partial charge is 0.486 e. The second-order valence-corrected chi connectivity index (χ2v) is 8.77. The van der Waals surface area contributed by atoms with E-state index in [1.54, 1.807) is 17.4 Å². The Labute approximate surface area is 173 Å². The molecule has 1 N–H and O–H groups in total. The van der Waals surface area contributed by atoms with Crippen LogP contribution in [0.25, 0.3) is 9.53 Å². The predicted molar refractivity (Wildman–Crippen MR) is 114 cm³/mol. The average Bonchev–Trinajstić information content (AvgIpc) is 3.22. The number of fused-ring (bicyclic) bond motifs is 2. The smallest absolute Gasteiger partial charge is 0.265 e. The summed E-state index contributed by atoms with van der Waals surface area (Å²) in [5, 5.41) is 3.95. The van der Waals surface area contributed by atoms with Crippen LogP contribution in [0.1, 0.15) is 23.5 Å². The highest BCUT2D eigenvalue weighted by atomic mass is 79.9. The van der Waals surface area contributed by atoms with E-state index in [2.05, 4.69) is 45.0 Å². The third-order valence-electron chi connectivity index (χ3n) is 4.22. The quantitative estimate of drug-likeness (QED) is 0.572. The predicted octanol–water partition coefficient (Wildman–Crippen LogP) is 4.99. The van der Waals surface area contributed by atoms with E-state index in [1.807, 2.05) is 12.1 Å². The van der Waals surface area contributed by atoms with Gasteiger partial charge in [-0.2, -0.15) is 0 Å². The number of halogens is 1. The van der Waals surface area contributed by atoms with Crippen LogP contribution >= 0.6 is 38.6 Å². The summed E-state index contributed by atoms with van der Waals surface area (Å²) >= 11 is 6.51. The molecule has 4 rings (SSSR count). The van der Waals surface area contributed by atoms with Crippen molar-refractivity contribution in [3.63, 3.8) is 0 Å². The Morgan fingerprint density at radius 3 is 2.56 bits per heavy atom. The molecule has 1 amide bonds. The molecule has 2 aromatic heterocycles. The topological polar surface area (TPSA) is 63.7 Å². The van der Waals surface area contributed by atoms with Gasteiger partial charge in [0.1, 0.15) is 18.0 Å². The molecule has 142 valence electrons. The Balaban J connectivity index is 1.55. The molecule has 6 nitrogen and oxygen atoms in total. The van der Waals surface area contributed by atoms with Gasteiger partial charge in [0.25, 0.3) is 5.91 Å². The number of aromatic nitrogens is 1. The molecule has 1 aliphatic heterocycles. The number of thiophene rings is 1. The lowest BCUT2D eigenvalue weighted by atomic mass is 10.2. The minimum atomic E-state index is -0.160. The molecular formula is C18H18BrN3O3S2. The maximum absolute atomic E-state index is 12.7. The van der Waals surface area contributed by atoms with Crippen LogP contribution in [0.4, 0.5) is 10.8 Å². The molecule has 3 aromatic rings. The van der Waals surface area contributed by atoms with E-state index >= 15 is 0 Å². The normalized spacial score (nSPS) is 13.0. The van der Waals surface area contributed by atoms with Crippen molar-refractivity contribution in [2.75, 3.05) is 36.5 Å². The number of rotatable bonds is 5. The van der Waals surface area contributed by atoms with E-state index in [0.717, 1.165) is 32.2 Å². The Hall–Kier alpha value is -1.84. The highest BCUT2D eigenvalue weighted by Gasteiger charge is 2.19. The van der Waals surface area contributed by atoms with Crippen molar-refractivity contribution < 1.29 is 14.3 Å². The molecule has 0 atom stereocenters. The van der Waals surface area contributed by atoms with Crippen LogP contribution in [-0.4, -0.2) is 37.2 Å². The Bertz CT molecular complexity index is 966. The monoisotopic (exact) mass is 467 g/mol. The highest BCUT2D eigenvalue weighted by Crippen LogP contribution is 2.39. The number of thiazole rings is 1. The summed E-state index contributed by atoms with van der Waals surface area (Å²) in [4.78, 5) is 21.1. The maximum atomic E-state index is 12.7. The zero-order valence-electron chi connectivity index (χ0n) is 14.9. The first-order chi connectivity index (χ1) is 13.1. The average molecular weight is 468 g/mol. The van der Waals surface area contributed by atoms with Gasteiger partial charge in [0, 0.05) is 29.7 Å². The summed E-state index contributed by atoms with van der Waals surface area (Å²) < 4.78 is 12.9. The van der Waals surface area contributed by atoms with E-state index in [-0.39, 0.29) is 5.91 Å². The lowest BCUT2D eigenvalue weighted by Gasteiger charge is -2.20. The van der Waals surface area contributed by atoms with Crippen molar-refractivity contribution in [3.8, 4) is 11.5 Å². The SMILES string of the molecule is CCN(CC)c1nc2sc(C(=O)Nc3cc4c(cc3Br)OCCO4)cc2s1. The number of ether oxygens (including phenoxy) is 2. The number of carbonyl (C=O) groups is 1. The van der Waals surface area contributed by atoms with E-state index < -0.39 is 0 Å². The van der Waals surface area contributed by atoms with E-state index in [1.165, 1.54) is 11.3 Å². The van der Waals surface area contributed by atoms with E-state index in [0.29, 0.717) is 35.3 Å². The Morgan fingerprint density at radius 1 is 1.19 bits per heavy atom. The molecule has 0 aliphatic carbocycles. The molecule has 3 heterocycles. The first kappa shape index (κ1) is 18.5. The van der Waals surface area contributed by atoms with Crippen LogP contribution in [0.3, 0.4) is 0 Å². The molecule has 0 fully saturated rings. The van der Waals surface area contributed by atoms with Gasteiger partial charge in [-0.1, -0.05) is 11.3 Å². The van der Waals surface area contributed by atoms with Gasteiger partial charge in [0.05, 0.1) is 15.3 Å². The highest BCUT2D eigenvalue weighted by molar-refractivity contribution is 9.10. The molecule has 9 heteroatoms. The fraction of sp³-hybridized carbons (Fsp3) is 0.333. The van der Waals surface area contributed by atoms with Crippen molar-refractivity contribution >= 4 is 64.9 Å². The number of nitrogens with one attached hydrogen (secondary N) is 1. The third-order valence-corrected chi connectivity index (χ3v) is 7.09. The Morgan fingerprint density at radius 2 is 1.89 bits per heavy atom. The van der Waals surface area contributed by atoms with Gasteiger partial charge in [-0.05, 0) is 35.8 Å². The number of anilines is 2. The number of carbonyl (C=O) groups excluding carboxylic acids is 1. The van der Waals surface area contributed by atoms with Crippen LogP contribution in [0.2, 0.25) is 0 Å². The second-order valence-electron chi connectivity index (χ2n) is 5.88. The number of hydrogen-bond donors (Lipinski definition) is 1. The molecule has 0 bridgehead atoms. The van der Waals surface area contributed by atoms with Gasteiger partial charge < -0.3 is 19.7 Å². The minimum Gasteiger partial charge on any atom is -0.486 e. The third kappa shape index (κ3) is 3.63. The summed E-state index contributed by atoms with van der Waals surface area (Å²) in [6.07, 6.45) is 0. The summed E-state index contributed by atoms with van der Waals surface area (Å²) in [5.74, 6) is 1.15. The molecule has 0 saturated heterocycles. The molecule has 1 aliphatic rings. The molecule has 0 unspecified atom stereocenters. The fourth-order valence-corrected chi connectivity index (χ4v) is 5.46. The van der Waals surface area contributed by atoms with Crippen molar-refractivity contribution in [3.05, 3.63) is 27.5 Å². The number of amides is 1. The van der Waals surface area contributed by atoms with Crippen LogP contribution < -0.4 is 19.7 Å². The maximum Gasteiger partial charge on any atom is 0.265 e. The number of nitrogens with zero attached hydrogens (tertiary/aromatic N) is 2. The van der Waals surface area contributed by atoms with Crippen molar-refractivity contribution in [1.82, 2.24) is 4.98 Å². The minimum absolute atomic E-state index is 0.160. The first-order valence-corrected chi connectivity index (χ1v) is 11.1. The van der Waals surface area contributed by atoms with Crippen LogP contribution in [0.5, 0.6) is 11.5 Å². The second kappa shape index (κ2) is 7.65. The summed E-state index contributed by atoms with van der Waals surface area (Å²) in [5.41, 5.74) is 0.651. The van der Waals surface area contributed by atoms with Gasteiger partial charge in [-0.15, -0.1) is 11.3 Å². The van der Waals surface area contributed by atoms with Crippen LogP contribution in [0.15, 0.2) is 22.7 Å². The molecule has 0 radical (unpaired) electrons. The summed E-state index contributed by atoms with van der Waals surface area (Å²) in [6.45, 7) is 7.10. The zero-order chi connectivity index (χ0) is 19.0. The molecule has 0 spiro atoms. The standard InChI is InChI=1S/C18H18BrN3O3S2/c1-3-22(4-2)18-21-17-15(27-18)9-14(26-17)16(23)20-11-8-13-12(7-10(11)19)24-5-6-25-13/h7-9H,3-6H2,1-2H3,(H,20,23). The van der Waals surface area contributed by atoms with Crippen molar-refractivity contribution in [1.29, 1.82) is 0 Å². The number of hydrogen-bond acceptors (Lipinski definition) is 7. The van der Waals surface area contributed by atoms with E-state index in [4.69, 9.17) is 9.47 Å². The molecule has 0 saturated carbocycles. The lowest BCUT2D eigenvalue weighted by molar-refractivity contribution is 0.103. The van der Waals surface area contributed by atoms with Crippen LogP contribution in [-0.2, 0) is 0 Å². The lowest BCUT2D eigenvalue weighted by Crippen LogP contribution is -2.21. The van der Waals surface area contributed by atoms with Gasteiger partial charge in [-0.25, -0.2) is 4.98 Å². The molecule has 1 aromatic carbocycles. The number of benzene rings is 1. The van der Waals surface area contributed by atoms with Gasteiger partial charge in [0.15, 0.2) is 16.6 Å². The van der Waals surface area contributed by atoms with Crippen molar-refractivity contribution in [2.24, 2.45) is 0 Å². The van der Waals surface area contributed by atoms with Crippen molar-refractivity contribution in [2.45, 2.75) is 13.8 Å². The summed E-state index contributed by atoms with van der Waals surface area (Å²) in [6, 6.07) is 5.50. The van der Waals surface area contributed by atoms with Gasteiger partial charge in [-0.3, -0.25) is 4.79 Å². The Kier molecular flexibility index (Phi) is 5.25. The van der Waals surface area contributed by atoms with Gasteiger partial charge in [0.2, 0.25) is 0 Å². The van der Waals surface area contributed by atoms with Gasteiger partial charge >= 0.3 is 0 Å².